The van der Waals surface area contributed by atoms with Gasteiger partial charge >= 0.3 is 0 Å². The van der Waals surface area contributed by atoms with Gasteiger partial charge in [0.05, 0.1) is 0 Å². The van der Waals surface area contributed by atoms with E-state index in [9.17, 15) is 0 Å². The second kappa shape index (κ2) is 5.10. The lowest BCUT2D eigenvalue weighted by Crippen LogP contribution is -2.56. The van der Waals surface area contributed by atoms with Crippen molar-refractivity contribution in [3.05, 3.63) is 0 Å². The fourth-order valence-corrected chi connectivity index (χ4v) is 2.14. The van der Waals surface area contributed by atoms with Crippen LogP contribution in [0.5, 0.6) is 0 Å². The number of piperazine rings is 1. The molecule has 1 aliphatic rings. The van der Waals surface area contributed by atoms with Crippen molar-refractivity contribution in [3.8, 4) is 0 Å². The highest BCUT2D eigenvalue weighted by Crippen LogP contribution is 2.13. The van der Waals surface area contributed by atoms with Crippen molar-refractivity contribution in [3.63, 3.8) is 0 Å². The standard InChI is InChI=1S/C11H25N3/c1-9(12-4)6-14-7-10(2)13(5)11(3)8-14/h9-12H,6-8H2,1-5H3/t9-,10-,11+/m0/s1. The average Bonchev–Trinajstić information content (AvgIpc) is 2.14. The van der Waals surface area contributed by atoms with E-state index in [2.05, 4.69) is 42.9 Å². The van der Waals surface area contributed by atoms with Crippen LogP contribution in [0.2, 0.25) is 0 Å². The van der Waals surface area contributed by atoms with E-state index in [1.807, 2.05) is 7.05 Å². The molecule has 84 valence electrons. The van der Waals surface area contributed by atoms with Crippen LogP contribution in [0.15, 0.2) is 0 Å². The summed E-state index contributed by atoms with van der Waals surface area (Å²) in [6, 6.07) is 1.96. The Morgan fingerprint density at radius 2 is 1.79 bits per heavy atom. The molecule has 3 atom stereocenters. The Morgan fingerprint density at radius 1 is 1.29 bits per heavy atom. The molecule has 0 radical (unpaired) electrons. The van der Waals surface area contributed by atoms with Gasteiger partial charge in [-0.15, -0.1) is 0 Å². The highest BCUT2D eigenvalue weighted by Gasteiger charge is 2.26. The third-order valence-electron chi connectivity index (χ3n) is 3.46. The normalized spacial score (nSPS) is 33.2. The molecule has 1 heterocycles. The SMILES string of the molecule is CN[C@@H](C)CN1C[C@@H](C)N(C)[C@@H](C)C1. The first-order valence-electron chi connectivity index (χ1n) is 5.66. The third kappa shape index (κ3) is 2.94. The molecule has 1 N–H and O–H groups in total. The summed E-state index contributed by atoms with van der Waals surface area (Å²) in [5.74, 6) is 0. The van der Waals surface area contributed by atoms with Crippen LogP contribution in [-0.4, -0.2) is 61.7 Å². The monoisotopic (exact) mass is 199 g/mol. The molecule has 0 unspecified atom stereocenters. The lowest BCUT2D eigenvalue weighted by Gasteiger charge is -2.43. The fraction of sp³-hybridized carbons (Fsp3) is 1.00. The quantitative estimate of drug-likeness (QED) is 0.719. The Morgan fingerprint density at radius 3 is 2.21 bits per heavy atom. The molecule has 1 aliphatic heterocycles. The van der Waals surface area contributed by atoms with Gasteiger partial charge in [-0.2, -0.15) is 0 Å². The Bertz CT molecular complexity index is 157. The molecular formula is C11H25N3. The molecule has 0 spiro atoms. The molecule has 3 heteroatoms. The summed E-state index contributed by atoms with van der Waals surface area (Å²) in [7, 11) is 4.27. The lowest BCUT2D eigenvalue weighted by atomic mass is 10.1. The summed E-state index contributed by atoms with van der Waals surface area (Å²) in [5.41, 5.74) is 0. The van der Waals surface area contributed by atoms with Crippen molar-refractivity contribution >= 4 is 0 Å². The number of nitrogens with zero attached hydrogens (tertiary/aromatic N) is 2. The van der Waals surface area contributed by atoms with Crippen molar-refractivity contribution in [2.75, 3.05) is 33.7 Å². The molecular weight excluding hydrogens is 174 g/mol. The molecule has 0 aromatic rings. The zero-order chi connectivity index (χ0) is 10.7. The van der Waals surface area contributed by atoms with Crippen LogP contribution in [0.25, 0.3) is 0 Å². The zero-order valence-electron chi connectivity index (χ0n) is 10.2. The van der Waals surface area contributed by atoms with Crippen LogP contribution < -0.4 is 5.32 Å². The van der Waals surface area contributed by atoms with Crippen LogP contribution in [0.3, 0.4) is 0 Å². The zero-order valence-corrected chi connectivity index (χ0v) is 10.2. The van der Waals surface area contributed by atoms with Gasteiger partial charge in [-0.1, -0.05) is 0 Å². The summed E-state index contributed by atoms with van der Waals surface area (Å²) in [4.78, 5) is 5.04. The van der Waals surface area contributed by atoms with Crippen molar-refractivity contribution in [1.82, 2.24) is 15.1 Å². The van der Waals surface area contributed by atoms with Crippen molar-refractivity contribution in [2.45, 2.75) is 38.9 Å². The van der Waals surface area contributed by atoms with Gasteiger partial charge in [-0.05, 0) is 34.9 Å². The predicted molar refractivity (Wildman–Crippen MR) is 61.6 cm³/mol. The Balaban J connectivity index is 2.41. The van der Waals surface area contributed by atoms with E-state index in [0.717, 1.165) is 0 Å². The topological polar surface area (TPSA) is 18.5 Å². The van der Waals surface area contributed by atoms with Crippen molar-refractivity contribution < 1.29 is 0 Å². The largest absolute Gasteiger partial charge is 0.316 e. The maximum Gasteiger partial charge on any atom is 0.0195 e. The second-order valence-electron chi connectivity index (χ2n) is 4.77. The van der Waals surface area contributed by atoms with Gasteiger partial charge in [0.1, 0.15) is 0 Å². The summed E-state index contributed by atoms with van der Waals surface area (Å²) >= 11 is 0. The Kier molecular flexibility index (Phi) is 4.35. The summed E-state index contributed by atoms with van der Waals surface area (Å²) < 4.78 is 0. The first-order valence-corrected chi connectivity index (χ1v) is 5.66. The molecule has 1 saturated heterocycles. The highest BCUT2D eigenvalue weighted by molar-refractivity contribution is 4.83. The van der Waals surface area contributed by atoms with E-state index in [0.29, 0.717) is 18.1 Å². The summed E-state index contributed by atoms with van der Waals surface area (Å²) in [6.07, 6.45) is 0. The van der Waals surface area contributed by atoms with E-state index in [4.69, 9.17) is 0 Å². The number of likely N-dealkylation sites (N-methyl/N-ethyl adjacent to an activating group) is 2. The molecule has 0 saturated carbocycles. The molecule has 0 aromatic heterocycles. The predicted octanol–water partition coefficient (Wildman–Crippen LogP) is 0.619. The molecule has 0 aromatic carbocycles. The van der Waals surface area contributed by atoms with Gasteiger partial charge in [0.2, 0.25) is 0 Å². The first kappa shape index (κ1) is 12.0. The van der Waals surface area contributed by atoms with Crippen molar-refractivity contribution in [1.29, 1.82) is 0 Å². The van der Waals surface area contributed by atoms with E-state index in [1.165, 1.54) is 19.6 Å². The minimum Gasteiger partial charge on any atom is -0.316 e. The fourth-order valence-electron chi connectivity index (χ4n) is 2.14. The number of nitrogens with one attached hydrogen (secondary N) is 1. The molecule has 0 amide bonds. The van der Waals surface area contributed by atoms with Crippen LogP contribution in [0.1, 0.15) is 20.8 Å². The smallest absolute Gasteiger partial charge is 0.0195 e. The molecule has 0 aliphatic carbocycles. The average molecular weight is 199 g/mol. The summed E-state index contributed by atoms with van der Waals surface area (Å²) in [5, 5.41) is 3.30. The van der Waals surface area contributed by atoms with Gasteiger partial charge in [-0.3, -0.25) is 9.80 Å². The molecule has 3 nitrogen and oxygen atoms in total. The van der Waals surface area contributed by atoms with Crippen LogP contribution in [-0.2, 0) is 0 Å². The van der Waals surface area contributed by atoms with Gasteiger partial charge in [0.25, 0.3) is 0 Å². The minimum atomic E-state index is 0.595. The van der Waals surface area contributed by atoms with E-state index < -0.39 is 0 Å². The molecule has 1 rings (SSSR count). The van der Waals surface area contributed by atoms with Gasteiger partial charge in [0, 0.05) is 37.8 Å². The van der Waals surface area contributed by atoms with Crippen molar-refractivity contribution in [2.24, 2.45) is 0 Å². The third-order valence-corrected chi connectivity index (χ3v) is 3.46. The van der Waals surface area contributed by atoms with Gasteiger partial charge in [0.15, 0.2) is 0 Å². The molecule has 14 heavy (non-hydrogen) atoms. The molecule has 1 fully saturated rings. The van der Waals surface area contributed by atoms with Gasteiger partial charge < -0.3 is 5.32 Å². The maximum absolute atomic E-state index is 3.30. The minimum absolute atomic E-state index is 0.595. The molecule has 0 bridgehead atoms. The van der Waals surface area contributed by atoms with Gasteiger partial charge in [-0.25, -0.2) is 0 Å². The van der Waals surface area contributed by atoms with E-state index >= 15 is 0 Å². The van der Waals surface area contributed by atoms with E-state index in [1.54, 1.807) is 0 Å². The van der Waals surface area contributed by atoms with E-state index in [-0.39, 0.29) is 0 Å². The maximum atomic E-state index is 3.30. The highest BCUT2D eigenvalue weighted by atomic mass is 15.3. The number of rotatable bonds is 3. The number of hydrogen-bond acceptors (Lipinski definition) is 3. The van der Waals surface area contributed by atoms with Crippen LogP contribution >= 0.6 is 0 Å². The lowest BCUT2D eigenvalue weighted by molar-refractivity contribution is 0.0559. The van der Waals surface area contributed by atoms with Crippen LogP contribution in [0, 0.1) is 0 Å². The first-order chi connectivity index (χ1) is 6.54. The Labute approximate surface area is 88.5 Å². The Hall–Kier alpha value is -0.120. The van der Waals surface area contributed by atoms with Crippen LogP contribution in [0.4, 0.5) is 0 Å². The number of hydrogen-bond donors (Lipinski definition) is 1. The summed E-state index contributed by atoms with van der Waals surface area (Å²) in [6.45, 7) is 10.4. The second-order valence-corrected chi connectivity index (χ2v) is 4.77.